The fourth-order valence-corrected chi connectivity index (χ4v) is 3.58. The summed E-state index contributed by atoms with van der Waals surface area (Å²) in [6, 6.07) is 0.812. The van der Waals surface area contributed by atoms with Crippen molar-refractivity contribution in [3.63, 3.8) is 0 Å². The van der Waals surface area contributed by atoms with Gasteiger partial charge in [-0.25, -0.2) is 0 Å². The molecule has 0 aromatic heterocycles. The summed E-state index contributed by atoms with van der Waals surface area (Å²) in [5.41, 5.74) is 0.452. The Kier molecular flexibility index (Phi) is 4.31. The van der Waals surface area contributed by atoms with Crippen LogP contribution in [0.15, 0.2) is 0 Å². The molecule has 2 aliphatic rings. The Balaban J connectivity index is 1.77. The summed E-state index contributed by atoms with van der Waals surface area (Å²) in [7, 11) is 0. The van der Waals surface area contributed by atoms with Crippen molar-refractivity contribution in [2.75, 3.05) is 6.54 Å². The van der Waals surface area contributed by atoms with Gasteiger partial charge < -0.3 is 10.6 Å². The Morgan fingerprint density at radius 2 is 2.17 bits per heavy atom. The van der Waals surface area contributed by atoms with Crippen LogP contribution in [0.2, 0.25) is 0 Å². The molecule has 2 N–H and O–H groups in total. The molecule has 3 unspecified atom stereocenters. The number of hydrogen-bond acceptors (Lipinski definition) is 2. The normalized spacial score (nSPS) is 35.4. The van der Waals surface area contributed by atoms with Crippen LogP contribution in [0.5, 0.6) is 0 Å². The van der Waals surface area contributed by atoms with E-state index in [4.69, 9.17) is 0 Å². The molecule has 1 saturated heterocycles. The van der Waals surface area contributed by atoms with Crippen molar-refractivity contribution in [3.05, 3.63) is 0 Å². The topological polar surface area (TPSA) is 41.1 Å². The molecule has 3 atom stereocenters. The average Bonchev–Trinajstić information content (AvgIpc) is 2.74. The van der Waals surface area contributed by atoms with Gasteiger partial charge in [-0.05, 0) is 50.0 Å². The molecule has 2 fully saturated rings. The van der Waals surface area contributed by atoms with Crippen LogP contribution in [0.3, 0.4) is 0 Å². The van der Waals surface area contributed by atoms with Gasteiger partial charge in [-0.1, -0.05) is 20.8 Å². The summed E-state index contributed by atoms with van der Waals surface area (Å²) in [4.78, 5) is 12.0. The fraction of sp³-hybridized carbons (Fsp3) is 0.933. The average molecular weight is 252 g/mol. The molecular weight excluding hydrogens is 224 g/mol. The lowest BCUT2D eigenvalue weighted by atomic mass is 9.70. The molecule has 3 heteroatoms. The summed E-state index contributed by atoms with van der Waals surface area (Å²) in [5.74, 6) is 0.847. The fourth-order valence-electron chi connectivity index (χ4n) is 3.58. The molecule has 104 valence electrons. The Morgan fingerprint density at radius 1 is 1.39 bits per heavy atom. The second kappa shape index (κ2) is 5.60. The molecule has 0 aromatic carbocycles. The summed E-state index contributed by atoms with van der Waals surface area (Å²) in [6.07, 6.45) is 6.61. The maximum atomic E-state index is 12.0. The minimum absolute atomic E-state index is 0.242. The quantitative estimate of drug-likeness (QED) is 0.810. The van der Waals surface area contributed by atoms with Crippen molar-refractivity contribution < 1.29 is 4.79 Å². The Labute approximate surface area is 111 Å². The Morgan fingerprint density at radius 3 is 2.78 bits per heavy atom. The van der Waals surface area contributed by atoms with Crippen molar-refractivity contribution >= 4 is 5.91 Å². The highest BCUT2D eigenvalue weighted by Gasteiger charge is 2.33. The zero-order chi connectivity index (χ0) is 13.2. The van der Waals surface area contributed by atoms with Crippen molar-refractivity contribution in [2.45, 2.75) is 71.4 Å². The van der Waals surface area contributed by atoms with Crippen LogP contribution in [0.1, 0.15) is 59.3 Å². The highest BCUT2D eigenvalue weighted by molar-refractivity contribution is 5.77. The maximum absolute atomic E-state index is 12.0. The van der Waals surface area contributed by atoms with Crippen LogP contribution >= 0.6 is 0 Å². The first-order valence-electron chi connectivity index (χ1n) is 7.49. The van der Waals surface area contributed by atoms with Gasteiger partial charge in [0.1, 0.15) is 0 Å². The molecule has 0 spiro atoms. The van der Waals surface area contributed by atoms with Crippen LogP contribution < -0.4 is 10.6 Å². The number of rotatable bonds is 3. The molecule has 1 saturated carbocycles. The van der Waals surface area contributed by atoms with E-state index < -0.39 is 0 Å². The molecule has 0 aromatic rings. The van der Waals surface area contributed by atoms with Gasteiger partial charge in [-0.15, -0.1) is 0 Å². The van der Waals surface area contributed by atoms with Gasteiger partial charge in [0.05, 0.1) is 0 Å². The van der Waals surface area contributed by atoms with E-state index in [0.717, 1.165) is 19.4 Å². The first-order valence-corrected chi connectivity index (χ1v) is 7.49. The molecule has 0 bridgehead atoms. The summed E-state index contributed by atoms with van der Waals surface area (Å²) >= 11 is 0. The van der Waals surface area contributed by atoms with Gasteiger partial charge in [0.15, 0.2) is 0 Å². The molecular formula is C15H28N2O. The van der Waals surface area contributed by atoms with Gasteiger partial charge >= 0.3 is 0 Å². The van der Waals surface area contributed by atoms with Crippen molar-refractivity contribution in [3.8, 4) is 0 Å². The first-order chi connectivity index (χ1) is 8.46. The number of carbonyl (C=O) groups is 1. The predicted octanol–water partition coefficient (Wildman–Crippen LogP) is 2.46. The lowest BCUT2D eigenvalue weighted by molar-refractivity contribution is -0.123. The van der Waals surface area contributed by atoms with Gasteiger partial charge in [0, 0.05) is 18.5 Å². The minimum Gasteiger partial charge on any atom is -0.353 e. The molecule has 1 amide bonds. The monoisotopic (exact) mass is 252 g/mol. The zero-order valence-corrected chi connectivity index (χ0v) is 12.1. The van der Waals surface area contributed by atoms with Crippen molar-refractivity contribution in [1.29, 1.82) is 0 Å². The van der Waals surface area contributed by atoms with Crippen molar-refractivity contribution in [2.24, 2.45) is 11.3 Å². The van der Waals surface area contributed by atoms with E-state index in [-0.39, 0.29) is 5.91 Å². The van der Waals surface area contributed by atoms with E-state index in [1.54, 1.807) is 0 Å². The largest absolute Gasteiger partial charge is 0.353 e. The van der Waals surface area contributed by atoms with Crippen LogP contribution in [0.25, 0.3) is 0 Å². The van der Waals surface area contributed by atoms with Crippen LogP contribution in [-0.2, 0) is 4.79 Å². The van der Waals surface area contributed by atoms with Gasteiger partial charge in [-0.3, -0.25) is 4.79 Å². The molecule has 18 heavy (non-hydrogen) atoms. The van der Waals surface area contributed by atoms with E-state index in [1.165, 1.54) is 19.3 Å². The van der Waals surface area contributed by atoms with Crippen molar-refractivity contribution in [1.82, 2.24) is 10.6 Å². The van der Waals surface area contributed by atoms with Crippen LogP contribution in [-0.4, -0.2) is 24.5 Å². The smallest absolute Gasteiger partial charge is 0.221 e. The highest BCUT2D eigenvalue weighted by Crippen LogP contribution is 2.38. The third kappa shape index (κ3) is 3.71. The minimum atomic E-state index is 0.242. The summed E-state index contributed by atoms with van der Waals surface area (Å²) in [5, 5.41) is 6.64. The lowest BCUT2D eigenvalue weighted by Crippen LogP contribution is -2.45. The maximum Gasteiger partial charge on any atom is 0.221 e. The van der Waals surface area contributed by atoms with Gasteiger partial charge in [0.2, 0.25) is 5.91 Å². The molecule has 1 aliphatic carbocycles. The molecule has 0 radical (unpaired) electrons. The van der Waals surface area contributed by atoms with Gasteiger partial charge in [0.25, 0.3) is 0 Å². The second-order valence-corrected chi connectivity index (χ2v) is 7.06. The van der Waals surface area contributed by atoms with E-state index in [2.05, 4.69) is 31.4 Å². The van der Waals surface area contributed by atoms with Crippen LogP contribution in [0.4, 0.5) is 0 Å². The molecule has 2 rings (SSSR count). The summed E-state index contributed by atoms with van der Waals surface area (Å²) in [6.45, 7) is 8.03. The second-order valence-electron chi connectivity index (χ2n) is 7.06. The lowest BCUT2D eigenvalue weighted by Gasteiger charge is -2.39. The summed E-state index contributed by atoms with van der Waals surface area (Å²) < 4.78 is 0. The Bertz CT molecular complexity index is 295. The standard InChI is InChI=1S/C15H28N2O/c1-11-10-15(2,3)7-6-13(11)17-14(18)9-12-5-4-8-16-12/h11-13,16H,4-10H2,1-3H3,(H,17,18). The SMILES string of the molecule is CC1CC(C)(C)CCC1NC(=O)CC1CCCN1. The third-order valence-corrected chi connectivity index (χ3v) is 4.63. The molecule has 1 aliphatic heterocycles. The number of carbonyl (C=O) groups excluding carboxylic acids is 1. The zero-order valence-electron chi connectivity index (χ0n) is 12.1. The highest BCUT2D eigenvalue weighted by atomic mass is 16.1. The molecule has 1 heterocycles. The first kappa shape index (κ1) is 13.9. The van der Waals surface area contributed by atoms with E-state index >= 15 is 0 Å². The number of nitrogens with one attached hydrogen (secondary N) is 2. The third-order valence-electron chi connectivity index (χ3n) is 4.63. The Hall–Kier alpha value is -0.570. The van der Waals surface area contributed by atoms with E-state index in [9.17, 15) is 4.79 Å². The molecule has 3 nitrogen and oxygen atoms in total. The number of amides is 1. The number of hydrogen-bond donors (Lipinski definition) is 2. The van der Waals surface area contributed by atoms with Gasteiger partial charge in [-0.2, -0.15) is 0 Å². The van der Waals surface area contributed by atoms with E-state index in [1.807, 2.05) is 0 Å². The van der Waals surface area contributed by atoms with Crippen LogP contribution in [0, 0.1) is 11.3 Å². The van der Waals surface area contributed by atoms with E-state index in [0.29, 0.717) is 29.8 Å². The predicted molar refractivity (Wildman–Crippen MR) is 74.4 cm³/mol.